The number of para-hydroxylation sites is 1. The summed E-state index contributed by atoms with van der Waals surface area (Å²) >= 11 is 0. The molecule has 0 aliphatic heterocycles. The monoisotopic (exact) mass is 517 g/mol. The van der Waals surface area contributed by atoms with Crippen molar-refractivity contribution in [1.82, 2.24) is 14.7 Å². The second-order valence-electron chi connectivity index (χ2n) is 9.31. The predicted molar refractivity (Wildman–Crippen MR) is 157 cm³/mol. The first-order valence-electron chi connectivity index (χ1n) is 13.2. The van der Waals surface area contributed by atoms with Crippen LogP contribution >= 0.6 is 0 Å². The summed E-state index contributed by atoms with van der Waals surface area (Å²) in [7, 11) is 0. The van der Waals surface area contributed by atoms with E-state index in [1.807, 2.05) is 109 Å². The Bertz CT molecular complexity index is 1560. The van der Waals surface area contributed by atoms with E-state index < -0.39 is 0 Å². The number of hydrogen-bond acceptors (Lipinski definition) is 3. The molecule has 0 radical (unpaired) electrons. The van der Waals surface area contributed by atoms with Crippen molar-refractivity contribution in [1.29, 1.82) is 0 Å². The molecule has 0 aliphatic carbocycles. The van der Waals surface area contributed by atoms with Gasteiger partial charge in [-0.3, -0.25) is 4.79 Å². The molecule has 196 valence electrons. The lowest BCUT2D eigenvalue weighted by Gasteiger charge is -2.23. The van der Waals surface area contributed by atoms with E-state index in [0.717, 1.165) is 46.2 Å². The topological polar surface area (TPSA) is 79.3 Å². The Labute approximate surface area is 228 Å². The van der Waals surface area contributed by atoms with E-state index in [2.05, 4.69) is 17.6 Å². The largest absolute Gasteiger partial charge is 0.322 e. The van der Waals surface area contributed by atoms with Crippen molar-refractivity contribution in [2.45, 2.75) is 19.8 Å². The molecule has 5 rings (SSSR count). The van der Waals surface area contributed by atoms with Gasteiger partial charge in [0.15, 0.2) is 0 Å². The maximum atomic E-state index is 13.3. The average molecular weight is 518 g/mol. The van der Waals surface area contributed by atoms with E-state index in [0.29, 0.717) is 12.4 Å². The van der Waals surface area contributed by atoms with Crippen molar-refractivity contribution in [2.24, 2.45) is 0 Å². The number of urea groups is 1. The molecular formula is C32H31N5O2. The maximum absolute atomic E-state index is 13.3. The molecule has 39 heavy (non-hydrogen) atoms. The summed E-state index contributed by atoms with van der Waals surface area (Å²) in [6, 6.07) is 34.7. The van der Waals surface area contributed by atoms with Crippen LogP contribution in [0.5, 0.6) is 0 Å². The van der Waals surface area contributed by atoms with Gasteiger partial charge in [0.2, 0.25) is 5.91 Å². The molecular weight excluding hydrogens is 486 g/mol. The lowest BCUT2D eigenvalue weighted by Crippen LogP contribution is -2.41. The number of carbonyl (C=O) groups excluding carboxylic acids is 2. The number of nitrogens with zero attached hydrogens (tertiary/aromatic N) is 3. The van der Waals surface area contributed by atoms with Gasteiger partial charge in [-0.15, -0.1) is 0 Å². The molecule has 0 saturated carbocycles. The van der Waals surface area contributed by atoms with Crippen molar-refractivity contribution in [3.8, 4) is 16.9 Å². The van der Waals surface area contributed by atoms with Gasteiger partial charge in [0.05, 0.1) is 17.1 Å². The number of rotatable bonds is 9. The van der Waals surface area contributed by atoms with Crippen LogP contribution in [0, 0.1) is 0 Å². The van der Waals surface area contributed by atoms with Crippen LogP contribution in [0.1, 0.15) is 19.8 Å². The minimum Gasteiger partial charge on any atom is -0.315 e. The highest BCUT2D eigenvalue weighted by atomic mass is 16.2. The fraction of sp³-hybridized carbons (Fsp3) is 0.156. The zero-order valence-electron chi connectivity index (χ0n) is 21.9. The van der Waals surface area contributed by atoms with Crippen LogP contribution in [0.4, 0.5) is 16.3 Å². The lowest BCUT2D eigenvalue weighted by molar-refractivity contribution is -0.116. The van der Waals surface area contributed by atoms with Gasteiger partial charge < -0.3 is 15.5 Å². The summed E-state index contributed by atoms with van der Waals surface area (Å²) in [6.07, 6.45) is 1.69. The summed E-state index contributed by atoms with van der Waals surface area (Å²) in [5, 5.41) is 12.8. The SMILES string of the molecule is CCCCN(CC(=O)Nc1cc(-c2ccccc2)nn1-c1ccccc1)C(=O)Nc1cccc2ccccc12. The summed E-state index contributed by atoms with van der Waals surface area (Å²) in [5.41, 5.74) is 3.23. The van der Waals surface area contributed by atoms with E-state index in [1.165, 1.54) is 0 Å². The normalized spacial score (nSPS) is 10.8. The molecule has 0 spiro atoms. The number of amides is 3. The van der Waals surface area contributed by atoms with E-state index in [4.69, 9.17) is 5.10 Å². The van der Waals surface area contributed by atoms with Crippen LogP contribution in [0.15, 0.2) is 109 Å². The fourth-order valence-electron chi connectivity index (χ4n) is 4.47. The summed E-state index contributed by atoms with van der Waals surface area (Å²) in [4.78, 5) is 28.2. The first kappa shape index (κ1) is 25.7. The predicted octanol–water partition coefficient (Wildman–Crippen LogP) is 6.97. The minimum atomic E-state index is -0.309. The van der Waals surface area contributed by atoms with E-state index in [-0.39, 0.29) is 18.5 Å². The van der Waals surface area contributed by atoms with Gasteiger partial charge >= 0.3 is 6.03 Å². The fourth-order valence-corrected chi connectivity index (χ4v) is 4.47. The van der Waals surface area contributed by atoms with Crippen LogP contribution < -0.4 is 10.6 Å². The molecule has 0 atom stereocenters. The van der Waals surface area contributed by atoms with Gasteiger partial charge in [0.1, 0.15) is 12.4 Å². The number of carbonyl (C=O) groups is 2. The van der Waals surface area contributed by atoms with Crippen LogP contribution in [-0.4, -0.2) is 39.7 Å². The summed E-state index contributed by atoms with van der Waals surface area (Å²) in [6.45, 7) is 2.44. The molecule has 0 aliphatic rings. The molecule has 1 heterocycles. The molecule has 7 nitrogen and oxygen atoms in total. The quantitative estimate of drug-likeness (QED) is 0.222. The number of benzene rings is 4. The van der Waals surface area contributed by atoms with Crippen molar-refractivity contribution in [3.05, 3.63) is 109 Å². The molecule has 3 amide bonds. The van der Waals surface area contributed by atoms with Crippen LogP contribution in [0.3, 0.4) is 0 Å². The highest BCUT2D eigenvalue weighted by molar-refractivity contribution is 6.03. The Morgan fingerprint density at radius 2 is 1.51 bits per heavy atom. The first-order chi connectivity index (χ1) is 19.1. The van der Waals surface area contributed by atoms with Crippen molar-refractivity contribution < 1.29 is 9.59 Å². The minimum absolute atomic E-state index is 0.0861. The number of aromatic nitrogens is 2. The molecule has 0 bridgehead atoms. The van der Waals surface area contributed by atoms with Crippen LogP contribution in [0.25, 0.3) is 27.7 Å². The third-order valence-electron chi connectivity index (χ3n) is 6.48. The number of hydrogen-bond donors (Lipinski definition) is 2. The Balaban J connectivity index is 1.36. The van der Waals surface area contributed by atoms with Gasteiger partial charge in [-0.25, -0.2) is 9.48 Å². The smallest absolute Gasteiger partial charge is 0.315 e. The van der Waals surface area contributed by atoms with Crippen LogP contribution in [0.2, 0.25) is 0 Å². The van der Waals surface area contributed by atoms with Crippen molar-refractivity contribution >= 4 is 34.2 Å². The molecule has 4 aromatic carbocycles. The van der Waals surface area contributed by atoms with Crippen molar-refractivity contribution in [2.75, 3.05) is 23.7 Å². The molecule has 5 aromatic rings. The number of fused-ring (bicyclic) bond motifs is 1. The second kappa shape index (κ2) is 12.1. The van der Waals surface area contributed by atoms with Gasteiger partial charge in [0, 0.05) is 23.6 Å². The summed E-state index contributed by atoms with van der Waals surface area (Å²) < 4.78 is 1.72. The Morgan fingerprint density at radius 3 is 2.28 bits per heavy atom. The molecule has 1 aromatic heterocycles. The molecule has 2 N–H and O–H groups in total. The highest BCUT2D eigenvalue weighted by Crippen LogP contribution is 2.25. The van der Waals surface area contributed by atoms with Gasteiger partial charge in [0.25, 0.3) is 0 Å². The number of unbranched alkanes of at least 4 members (excludes halogenated alkanes) is 1. The van der Waals surface area contributed by atoms with Gasteiger partial charge in [-0.05, 0) is 30.0 Å². The zero-order chi connectivity index (χ0) is 27.0. The van der Waals surface area contributed by atoms with Crippen molar-refractivity contribution in [3.63, 3.8) is 0 Å². The maximum Gasteiger partial charge on any atom is 0.322 e. The molecule has 0 unspecified atom stereocenters. The molecule has 0 saturated heterocycles. The average Bonchev–Trinajstić information content (AvgIpc) is 3.40. The van der Waals surface area contributed by atoms with E-state index in [1.54, 1.807) is 9.58 Å². The Kier molecular flexibility index (Phi) is 7.98. The second-order valence-corrected chi connectivity index (χ2v) is 9.31. The zero-order valence-corrected chi connectivity index (χ0v) is 21.9. The Morgan fingerprint density at radius 1 is 0.821 bits per heavy atom. The van der Waals surface area contributed by atoms with Crippen LogP contribution in [-0.2, 0) is 4.79 Å². The van der Waals surface area contributed by atoms with E-state index in [9.17, 15) is 9.59 Å². The lowest BCUT2D eigenvalue weighted by atomic mass is 10.1. The van der Waals surface area contributed by atoms with Gasteiger partial charge in [-0.1, -0.05) is 98.3 Å². The molecule has 0 fully saturated rings. The third-order valence-corrected chi connectivity index (χ3v) is 6.48. The standard InChI is InChI=1S/C32H31N5O2/c1-2-3-21-36(32(39)33-28-20-12-16-24-13-10-11-19-27(24)28)23-31(38)34-30-22-29(25-14-6-4-7-15-25)35-37(30)26-17-8-5-9-18-26/h4-20,22H,2-3,21,23H2,1H3,(H,33,39)(H,34,38). The highest BCUT2D eigenvalue weighted by Gasteiger charge is 2.20. The molecule has 7 heteroatoms. The van der Waals surface area contributed by atoms with Gasteiger partial charge in [-0.2, -0.15) is 5.10 Å². The number of nitrogens with one attached hydrogen (secondary N) is 2. The Hall–Kier alpha value is -4.91. The first-order valence-corrected chi connectivity index (χ1v) is 13.2. The third kappa shape index (κ3) is 6.15. The van der Waals surface area contributed by atoms with E-state index >= 15 is 0 Å². The number of anilines is 2. The summed E-state index contributed by atoms with van der Waals surface area (Å²) in [5.74, 6) is 0.242.